The first-order valence-corrected chi connectivity index (χ1v) is 7.64. The van der Waals surface area contributed by atoms with Crippen LogP contribution in [-0.4, -0.2) is 16.9 Å². The summed E-state index contributed by atoms with van der Waals surface area (Å²) in [5, 5.41) is 15.4. The SMILES string of the molecule is CC(Oc1ccc([N+](=O)[O-])cc1Cl)C(=O)NCc1cccs1. The Bertz CT molecular complexity index is 675. The highest BCUT2D eigenvalue weighted by Crippen LogP contribution is 2.29. The monoisotopic (exact) mass is 340 g/mol. The minimum Gasteiger partial charge on any atom is -0.479 e. The lowest BCUT2D eigenvalue weighted by Crippen LogP contribution is -2.35. The fraction of sp³-hybridized carbons (Fsp3) is 0.214. The number of nitrogens with zero attached hydrogens (tertiary/aromatic N) is 1. The number of ether oxygens (including phenoxy) is 1. The van der Waals surface area contributed by atoms with Crippen LogP contribution in [0.4, 0.5) is 5.69 Å². The average molecular weight is 341 g/mol. The van der Waals surface area contributed by atoms with E-state index < -0.39 is 11.0 Å². The number of carbonyl (C=O) groups excluding carboxylic acids is 1. The molecule has 8 heteroatoms. The number of halogens is 1. The van der Waals surface area contributed by atoms with Gasteiger partial charge in [-0.2, -0.15) is 0 Å². The molecule has 22 heavy (non-hydrogen) atoms. The second-order valence-corrected chi connectivity index (χ2v) is 5.87. The second kappa shape index (κ2) is 7.24. The summed E-state index contributed by atoms with van der Waals surface area (Å²) in [5.41, 5.74) is -0.132. The summed E-state index contributed by atoms with van der Waals surface area (Å²) in [6, 6.07) is 7.67. The van der Waals surface area contributed by atoms with Gasteiger partial charge in [0.2, 0.25) is 0 Å². The van der Waals surface area contributed by atoms with Crippen LogP contribution in [0.25, 0.3) is 0 Å². The Labute approximate surface area is 135 Å². The van der Waals surface area contributed by atoms with E-state index in [1.165, 1.54) is 18.2 Å². The third-order valence-corrected chi connectivity index (χ3v) is 3.99. The number of nitro groups is 1. The predicted octanol–water partition coefficient (Wildman–Crippen LogP) is 3.39. The number of amides is 1. The number of benzene rings is 1. The molecule has 1 aromatic carbocycles. The van der Waals surface area contributed by atoms with Gasteiger partial charge in [-0.25, -0.2) is 0 Å². The predicted molar refractivity (Wildman–Crippen MR) is 84.4 cm³/mol. The van der Waals surface area contributed by atoms with Gasteiger partial charge in [0.1, 0.15) is 5.75 Å². The molecule has 1 N–H and O–H groups in total. The molecule has 1 atom stereocenters. The number of nitro benzene ring substituents is 1. The molecule has 0 bridgehead atoms. The van der Waals surface area contributed by atoms with Crippen LogP contribution in [0, 0.1) is 10.1 Å². The normalized spacial score (nSPS) is 11.7. The molecule has 0 aliphatic rings. The van der Waals surface area contributed by atoms with Gasteiger partial charge >= 0.3 is 0 Å². The standard InChI is InChI=1S/C14H13ClN2O4S/c1-9(14(18)16-8-11-3-2-6-22-11)21-13-5-4-10(17(19)20)7-12(13)15/h2-7,9H,8H2,1H3,(H,16,18). The molecule has 2 aromatic rings. The van der Waals surface area contributed by atoms with Crippen LogP contribution in [0.3, 0.4) is 0 Å². The molecular formula is C14H13ClN2O4S. The van der Waals surface area contributed by atoms with Crippen molar-refractivity contribution < 1.29 is 14.5 Å². The highest BCUT2D eigenvalue weighted by atomic mass is 35.5. The Kier molecular flexibility index (Phi) is 5.35. The first kappa shape index (κ1) is 16.3. The van der Waals surface area contributed by atoms with Gasteiger partial charge in [0.15, 0.2) is 6.10 Å². The van der Waals surface area contributed by atoms with Crippen molar-refractivity contribution >= 4 is 34.5 Å². The maximum absolute atomic E-state index is 11.9. The second-order valence-electron chi connectivity index (χ2n) is 4.43. The van der Waals surface area contributed by atoms with E-state index in [4.69, 9.17) is 16.3 Å². The fourth-order valence-corrected chi connectivity index (χ4v) is 2.54. The average Bonchev–Trinajstić information content (AvgIpc) is 2.99. The zero-order valence-corrected chi connectivity index (χ0v) is 13.2. The third kappa shape index (κ3) is 4.19. The van der Waals surface area contributed by atoms with Crippen LogP contribution in [0.1, 0.15) is 11.8 Å². The van der Waals surface area contributed by atoms with Crippen LogP contribution in [0.15, 0.2) is 35.7 Å². The minimum atomic E-state index is -0.765. The Hall–Kier alpha value is -2.12. The largest absolute Gasteiger partial charge is 0.479 e. The zero-order valence-electron chi connectivity index (χ0n) is 11.6. The van der Waals surface area contributed by atoms with E-state index >= 15 is 0 Å². The molecule has 2 rings (SSSR count). The van der Waals surface area contributed by atoms with Gasteiger partial charge in [-0.3, -0.25) is 14.9 Å². The Morgan fingerprint density at radius 1 is 1.50 bits per heavy atom. The van der Waals surface area contributed by atoms with Crippen molar-refractivity contribution in [2.45, 2.75) is 19.6 Å². The number of hydrogen-bond acceptors (Lipinski definition) is 5. The highest BCUT2D eigenvalue weighted by molar-refractivity contribution is 7.09. The number of hydrogen-bond donors (Lipinski definition) is 1. The van der Waals surface area contributed by atoms with Crippen molar-refractivity contribution in [3.63, 3.8) is 0 Å². The minimum absolute atomic E-state index is 0.0899. The van der Waals surface area contributed by atoms with Gasteiger partial charge in [0.05, 0.1) is 16.5 Å². The summed E-state index contributed by atoms with van der Waals surface area (Å²) in [6.45, 7) is 2.01. The van der Waals surface area contributed by atoms with Crippen LogP contribution in [0.2, 0.25) is 5.02 Å². The smallest absolute Gasteiger partial charge is 0.271 e. The highest BCUT2D eigenvalue weighted by Gasteiger charge is 2.17. The van der Waals surface area contributed by atoms with Gasteiger partial charge < -0.3 is 10.1 Å². The molecular weight excluding hydrogens is 328 g/mol. The number of nitrogens with one attached hydrogen (secondary N) is 1. The van der Waals surface area contributed by atoms with Crippen LogP contribution < -0.4 is 10.1 Å². The molecule has 116 valence electrons. The summed E-state index contributed by atoms with van der Waals surface area (Å²) in [7, 11) is 0. The quantitative estimate of drug-likeness (QED) is 0.645. The van der Waals surface area contributed by atoms with Crippen molar-refractivity contribution in [1.82, 2.24) is 5.32 Å². The Morgan fingerprint density at radius 2 is 2.27 bits per heavy atom. The molecule has 0 aliphatic heterocycles. The lowest BCUT2D eigenvalue weighted by molar-refractivity contribution is -0.384. The van der Waals surface area contributed by atoms with Crippen molar-refractivity contribution in [2.24, 2.45) is 0 Å². The lowest BCUT2D eigenvalue weighted by Gasteiger charge is -2.15. The topological polar surface area (TPSA) is 81.5 Å². The van der Waals surface area contributed by atoms with Crippen molar-refractivity contribution in [3.05, 3.63) is 55.7 Å². The Morgan fingerprint density at radius 3 is 2.86 bits per heavy atom. The summed E-state index contributed by atoms with van der Waals surface area (Å²) < 4.78 is 5.45. The number of rotatable bonds is 6. The molecule has 0 fully saturated rings. The molecule has 0 saturated carbocycles. The molecule has 0 saturated heterocycles. The first-order valence-electron chi connectivity index (χ1n) is 6.38. The van der Waals surface area contributed by atoms with E-state index in [1.54, 1.807) is 18.3 Å². The van der Waals surface area contributed by atoms with E-state index in [0.717, 1.165) is 4.88 Å². The molecule has 1 heterocycles. The van der Waals surface area contributed by atoms with Crippen molar-refractivity contribution in [3.8, 4) is 5.75 Å². The molecule has 6 nitrogen and oxygen atoms in total. The number of carbonyl (C=O) groups is 1. The van der Waals surface area contributed by atoms with Crippen LogP contribution in [-0.2, 0) is 11.3 Å². The molecule has 0 spiro atoms. The summed E-state index contributed by atoms with van der Waals surface area (Å²) in [4.78, 5) is 23.1. The molecule has 0 aliphatic carbocycles. The van der Waals surface area contributed by atoms with Gasteiger partial charge in [0, 0.05) is 17.0 Å². The van der Waals surface area contributed by atoms with Gasteiger partial charge in [0.25, 0.3) is 11.6 Å². The van der Waals surface area contributed by atoms with E-state index in [-0.39, 0.29) is 22.4 Å². The molecule has 1 unspecified atom stereocenters. The van der Waals surface area contributed by atoms with Gasteiger partial charge in [-0.05, 0) is 24.4 Å². The molecule has 1 aromatic heterocycles. The summed E-state index contributed by atoms with van der Waals surface area (Å²) in [5.74, 6) is -0.0612. The van der Waals surface area contributed by atoms with Crippen molar-refractivity contribution in [2.75, 3.05) is 0 Å². The van der Waals surface area contributed by atoms with E-state index in [0.29, 0.717) is 6.54 Å². The molecule has 1 amide bonds. The third-order valence-electron chi connectivity index (χ3n) is 2.82. The van der Waals surface area contributed by atoms with Gasteiger partial charge in [-0.1, -0.05) is 17.7 Å². The van der Waals surface area contributed by atoms with Crippen LogP contribution >= 0.6 is 22.9 Å². The van der Waals surface area contributed by atoms with E-state index in [9.17, 15) is 14.9 Å². The van der Waals surface area contributed by atoms with Crippen LogP contribution in [0.5, 0.6) is 5.75 Å². The first-order chi connectivity index (χ1) is 10.5. The van der Waals surface area contributed by atoms with Gasteiger partial charge in [-0.15, -0.1) is 11.3 Å². The van der Waals surface area contributed by atoms with Crippen molar-refractivity contribution in [1.29, 1.82) is 0 Å². The maximum atomic E-state index is 11.9. The lowest BCUT2D eigenvalue weighted by atomic mass is 10.3. The fourth-order valence-electron chi connectivity index (χ4n) is 1.67. The van der Waals surface area contributed by atoms with E-state index in [2.05, 4.69) is 5.32 Å². The summed E-state index contributed by atoms with van der Waals surface area (Å²) in [6.07, 6.45) is -0.765. The number of thiophene rings is 1. The summed E-state index contributed by atoms with van der Waals surface area (Å²) >= 11 is 7.47. The Balaban J connectivity index is 1.94. The number of non-ortho nitro benzene ring substituents is 1. The van der Waals surface area contributed by atoms with E-state index in [1.807, 2.05) is 17.5 Å². The molecule has 0 radical (unpaired) electrons. The maximum Gasteiger partial charge on any atom is 0.271 e. The zero-order chi connectivity index (χ0) is 16.1.